The second-order valence-electron chi connectivity index (χ2n) is 5.55. The summed E-state index contributed by atoms with van der Waals surface area (Å²) in [4.78, 5) is 4.70. The van der Waals surface area contributed by atoms with Gasteiger partial charge in [0.15, 0.2) is 5.82 Å². The highest BCUT2D eigenvalue weighted by molar-refractivity contribution is 5.54. The smallest absolute Gasteiger partial charge is 0.181 e. The molecule has 2 unspecified atom stereocenters. The van der Waals surface area contributed by atoms with Crippen molar-refractivity contribution >= 4 is 0 Å². The minimum atomic E-state index is 0.664. The number of nitrogens with one attached hydrogen (secondary N) is 1. The number of hydrogen-bond acceptors (Lipinski definition) is 2. The number of rotatable bonds is 2. The van der Waals surface area contributed by atoms with Crippen molar-refractivity contribution in [3.05, 3.63) is 36.2 Å². The molecule has 4 rings (SSSR count). The number of hydrogen-bond donors (Lipinski definition) is 1. The van der Waals surface area contributed by atoms with E-state index in [1.807, 2.05) is 18.2 Å². The van der Waals surface area contributed by atoms with Crippen molar-refractivity contribution in [2.45, 2.75) is 31.6 Å². The Morgan fingerprint density at radius 3 is 2.44 bits per heavy atom. The molecule has 1 heterocycles. The third-order valence-electron chi connectivity index (χ3n) is 4.51. The summed E-state index contributed by atoms with van der Waals surface area (Å²) in [5, 5.41) is 7.53. The summed E-state index contributed by atoms with van der Waals surface area (Å²) in [6.07, 6.45) is 5.57. The molecule has 0 radical (unpaired) electrons. The summed E-state index contributed by atoms with van der Waals surface area (Å²) in [6.45, 7) is 0. The average Bonchev–Trinajstić information content (AvgIpc) is 2.97. The Labute approximate surface area is 107 Å². The SMILES string of the molecule is c1ccc(-c2n[nH]c(C3C4CCCCC43)n2)cc1. The van der Waals surface area contributed by atoms with Gasteiger partial charge in [-0.25, -0.2) is 4.98 Å². The molecule has 3 nitrogen and oxygen atoms in total. The Balaban J connectivity index is 1.60. The van der Waals surface area contributed by atoms with Crippen molar-refractivity contribution in [2.75, 3.05) is 0 Å². The maximum atomic E-state index is 4.70. The number of H-pyrrole nitrogens is 1. The van der Waals surface area contributed by atoms with Crippen LogP contribution in [-0.4, -0.2) is 15.2 Å². The molecular weight excluding hydrogens is 222 g/mol. The maximum absolute atomic E-state index is 4.70. The van der Waals surface area contributed by atoms with E-state index >= 15 is 0 Å². The molecule has 1 aromatic carbocycles. The van der Waals surface area contributed by atoms with Gasteiger partial charge >= 0.3 is 0 Å². The fourth-order valence-corrected chi connectivity index (χ4v) is 3.54. The fraction of sp³-hybridized carbons (Fsp3) is 0.467. The Morgan fingerprint density at radius 1 is 1.00 bits per heavy atom. The van der Waals surface area contributed by atoms with E-state index in [4.69, 9.17) is 4.98 Å². The molecule has 18 heavy (non-hydrogen) atoms. The molecule has 0 aliphatic heterocycles. The van der Waals surface area contributed by atoms with Crippen molar-refractivity contribution in [3.63, 3.8) is 0 Å². The van der Waals surface area contributed by atoms with Crippen molar-refractivity contribution in [1.29, 1.82) is 0 Å². The molecular formula is C15H17N3. The van der Waals surface area contributed by atoms with E-state index in [9.17, 15) is 0 Å². The zero-order valence-electron chi connectivity index (χ0n) is 10.3. The summed E-state index contributed by atoms with van der Waals surface area (Å²) in [7, 11) is 0. The predicted octanol–water partition coefficient (Wildman–Crippen LogP) is 3.38. The van der Waals surface area contributed by atoms with E-state index in [2.05, 4.69) is 22.3 Å². The lowest BCUT2D eigenvalue weighted by molar-refractivity contribution is 0.480. The van der Waals surface area contributed by atoms with Gasteiger partial charge in [-0.2, -0.15) is 5.10 Å². The summed E-state index contributed by atoms with van der Waals surface area (Å²) >= 11 is 0. The normalized spacial score (nSPS) is 29.9. The number of benzene rings is 1. The van der Waals surface area contributed by atoms with Gasteiger partial charge in [0.2, 0.25) is 0 Å². The summed E-state index contributed by atoms with van der Waals surface area (Å²) in [6, 6.07) is 10.2. The molecule has 1 N–H and O–H groups in total. The van der Waals surface area contributed by atoms with Crippen LogP contribution in [0.1, 0.15) is 37.4 Å². The van der Waals surface area contributed by atoms with Crippen molar-refractivity contribution < 1.29 is 0 Å². The largest absolute Gasteiger partial charge is 0.262 e. The summed E-state index contributed by atoms with van der Waals surface area (Å²) in [5.41, 5.74) is 1.10. The van der Waals surface area contributed by atoms with Crippen LogP contribution >= 0.6 is 0 Å². The summed E-state index contributed by atoms with van der Waals surface area (Å²) in [5.74, 6) is 4.39. The molecule has 3 heteroatoms. The first-order valence-corrected chi connectivity index (χ1v) is 6.91. The van der Waals surface area contributed by atoms with Crippen LogP contribution in [0, 0.1) is 11.8 Å². The Kier molecular flexibility index (Phi) is 2.25. The first-order valence-electron chi connectivity index (χ1n) is 6.91. The molecule has 2 aromatic rings. The Morgan fingerprint density at radius 2 is 1.72 bits per heavy atom. The van der Waals surface area contributed by atoms with Crippen LogP contribution in [0.15, 0.2) is 30.3 Å². The van der Waals surface area contributed by atoms with Crippen LogP contribution in [0.5, 0.6) is 0 Å². The molecule has 0 spiro atoms. The van der Waals surface area contributed by atoms with Crippen LogP contribution in [0.2, 0.25) is 0 Å². The van der Waals surface area contributed by atoms with E-state index in [-0.39, 0.29) is 0 Å². The molecule has 0 amide bonds. The van der Waals surface area contributed by atoms with Gasteiger partial charge in [-0.1, -0.05) is 43.2 Å². The molecule has 92 valence electrons. The second-order valence-corrected chi connectivity index (χ2v) is 5.55. The van der Waals surface area contributed by atoms with E-state index in [0.717, 1.165) is 29.0 Å². The van der Waals surface area contributed by atoms with Gasteiger partial charge in [0.1, 0.15) is 5.82 Å². The lowest BCUT2D eigenvalue weighted by Gasteiger charge is -2.04. The van der Waals surface area contributed by atoms with Crippen LogP contribution in [0.3, 0.4) is 0 Å². The van der Waals surface area contributed by atoms with Crippen LogP contribution in [0.25, 0.3) is 11.4 Å². The Bertz CT molecular complexity index is 534. The molecule has 0 bridgehead atoms. The monoisotopic (exact) mass is 239 g/mol. The zero-order chi connectivity index (χ0) is 11.9. The zero-order valence-corrected chi connectivity index (χ0v) is 10.3. The molecule has 2 fully saturated rings. The number of aromatic nitrogens is 3. The number of fused-ring (bicyclic) bond motifs is 1. The minimum absolute atomic E-state index is 0.664. The standard InChI is InChI=1S/C15H17N3/c1-2-6-10(7-3-1)14-16-15(18-17-14)13-11-8-4-5-9-12(11)13/h1-3,6-7,11-13H,4-5,8-9H2,(H,16,17,18). The third kappa shape index (κ3) is 1.57. The van der Waals surface area contributed by atoms with E-state index in [1.54, 1.807) is 0 Å². The van der Waals surface area contributed by atoms with Gasteiger partial charge < -0.3 is 0 Å². The third-order valence-corrected chi connectivity index (χ3v) is 4.51. The number of nitrogens with zero attached hydrogens (tertiary/aromatic N) is 2. The fourth-order valence-electron chi connectivity index (χ4n) is 3.54. The van der Waals surface area contributed by atoms with Gasteiger partial charge in [0.05, 0.1) is 0 Å². The lowest BCUT2D eigenvalue weighted by atomic mass is 10.0. The van der Waals surface area contributed by atoms with Gasteiger partial charge in [-0.15, -0.1) is 0 Å². The molecule has 1 aromatic heterocycles. The van der Waals surface area contributed by atoms with Gasteiger partial charge in [-0.05, 0) is 24.7 Å². The molecule has 2 aliphatic carbocycles. The predicted molar refractivity (Wildman–Crippen MR) is 70.0 cm³/mol. The van der Waals surface area contributed by atoms with Crippen molar-refractivity contribution in [1.82, 2.24) is 15.2 Å². The molecule has 0 saturated heterocycles. The van der Waals surface area contributed by atoms with Gasteiger partial charge in [-0.3, -0.25) is 5.10 Å². The highest BCUT2D eigenvalue weighted by Gasteiger charge is 2.53. The molecule has 2 atom stereocenters. The molecule has 2 aliphatic rings. The first-order chi connectivity index (χ1) is 8.93. The quantitative estimate of drug-likeness (QED) is 0.873. The van der Waals surface area contributed by atoms with Gasteiger partial charge in [0, 0.05) is 11.5 Å². The minimum Gasteiger partial charge on any atom is -0.262 e. The summed E-state index contributed by atoms with van der Waals surface area (Å²) < 4.78 is 0. The number of aromatic amines is 1. The van der Waals surface area contributed by atoms with E-state index in [0.29, 0.717) is 5.92 Å². The topological polar surface area (TPSA) is 41.6 Å². The average molecular weight is 239 g/mol. The highest BCUT2D eigenvalue weighted by Crippen LogP contribution is 2.60. The highest BCUT2D eigenvalue weighted by atomic mass is 15.2. The first kappa shape index (κ1) is 10.3. The van der Waals surface area contributed by atoms with E-state index in [1.165, 1.54) is 25.7 Å². The second kappa shape index (κ2) is 3.94. The molecule has 2 saturated carbocycles. The van der Waals surface area contributed by atoms with Crippen LogP contribution in [0.4, 0.5) is 0 Å². The lowest BCUT2D eigenvalue weighted by Crippen LogP contribution is -1.91. The van der Waals surface area contributed by atoms with Crippen LogP contribution in [-0.2, 0) is 0 Å². The van der Waals surface area contributed by atoms with Crippen molar-refractivity contribution in [3.8, 4) is 11.4 Å². The van der Waals surface area contributed by atoms with Crippen molar-refractivity contribution in [2.24, 2.45) is 11.8 Å². The van der Waals surface area contributed by atoms with Gasteiger partial charge in [0.25, 0.3) is 0 Å². The van der Waals surface area contributed by atoms with E-state index < -0.39 is 0 Å². The Hall–Kier alpha value is -1.64. The van der Waals surface area contributed by atoms with Crippen LogP contribution < -0.4 is 0 Å². The maximum Gasteiger partial charge on any atom is 0.181 e.